The first kappa shape index (κ1) is 25.8. The summed E-state index contributed by atoms with van der Waals surface area (Å²) in [7, 11) is -2.02. The third-order valence-corrected chi connectivity index (χ3v) is 10.4. The van der Waals surface area contributed by atoms with Crippen molar-refractivity contribution in [3.05, 3.63) is 83.9 Å². The first-order chi connectivity index (χ1) is 15.0. The van der Waals surface area contributed by atoms with Crippen LogP contribution >= 0.6 is 0 Å². The van der Waals surface area contributed by atoms with Crippen LogP contribution in [0.5, 0.6) is 0 Å². The lowest BCUT2D eigenvalue weighted by molar-refractivity contribution is -0.145. The van der Waals surface area contributed by atoms with Crippen molar-refractivity contribution in [3.8, 4) is 0 Å². The normalized spacial score (nSPS) is 14.1. The van der Waals surface area contributed by atoms with Crippen LogP contribution in [0.4, 0.5) is 0 Å². The zero-order valence-electron chi connectivity index (χ0n) is 20.5. The van der Waals surface area contributed by atoms with Gasteiger partial charge in [0.15, 0.2) is 8.32 Å². The monoisotopic (exact) mass is 451 g/mol. The minimum atomic E-state index is -2.02. The van der Waals surface area contributed by atoms with Crippen LogP contribution in [-0.2, 0) is 14.0 Å². The molecule has 0 N–H and O–H groups in total. The number of allylic oxidation sites excluding steroid dienone is 1. The molecule has 0 aromatic heterocycles. The molecule has 0 aliphatic heterocycles. The van der Waals surface area contributed by atoms with Gasteiger partial charge in [0.1, 0.15) is 12.1 Å². The maximum absolute atomic E-state index is 11.9. The van der Waals surface area contributed by atoms with Gasteiger partial charge in [-0.3, -0.25) is 9.79 Å². The lowest BCUT2D eigenvalue weighted by Crippen LogP contribution is -2.44. The fourth-order valence-electron chi connectivity index (χ4n) is 3.02. The Morgan fingerprint density at radius 2 is 1.50 bits per heavy atom. The highest BCUT2D eigenvalue weighted by atomic mass is 28.4. The molecule has 32 heavy (non-hydrogen) atoms. The summed E-state index contributed by atoms with van der Waals surface area (Å²) in [4.78, 5) is 17.0. The number of carbonyl (C=O) groups excluding carboxylic acids is 1. The van der Waals surface area contributed by atoms with Gasteiger partial charge in [0.05, 0.1) is 12.3 Å². The van der Waals surface area contributed by atoms with Crippen LogP contribution in [0.15, 0.2) is 77.8 Å². The van der Waals surface area contributed by atoms with Crippen molar-refractivity contribution in [2.45, 2.75) is 64.9 Å². The molecule has 0 saturated carbocycles. The van der Waals surface area contributed by atoms with E-state index in [1.165, 1.54) is 6.92 Å². The summed E-state index contributed by atoms with van der Waals surface area (Å²) < 4.78 is 12.2. The number of rotatable bonds is 9. The van der Waals surface area contributed by atoms with Gasteiger partial charge in [0.25, 0.3) is 0 Å². The van der Waals surface area contributed by atoms with Crippen molar-refractivity contribution in [2.75, 3.05) is 6.61 Å². The zero-order valence-corrected chi connectivity index (χ0v) is 21.5. The van der Waals surface area contributed by atoms with E-state index >= 15 is 0 Å². The Hall–Kier alpha value is -2.50. The molecule has 4 nitrogen and oxygen atoms in total. The topological polar surface area (TPSA) is 47.9 Å². The minimum absolute atomic E-state index is 0.0699. The van der Waals surface area contributed by atoms with Gasteiger partial charge in [-0.1, -0.05) is 87.5 Å². The maximum atomic E-state index is 11.9. The number of benzene rings is 2. The van der Waals surface area contributed by atoms with Crippen molar-refractivity contribution >= 4 is 20.0 Å². The lowest BCUT2D eigenvalue weighted by atomic mass is 10.0. The number of nitrogens with zero attached hydrogens (tertiary/aromatic N) is 1. The van der Waals surface area contributed by atoms with Gasteiger partial charge in [-0.2, -0.15) is 0 Å². The van der Waals surface area contributed by atoms with Gasteiger partial charge in [0.2, 0.25) is 0 Å². The van der Waals surface area contributed by atoms with E-state index in [0.29, 0.717) is 6.61 Å². The molecular weight excluding hydrogens is 414 g/mol. The van der Waals surface area contributed by atoms with Crippen molar-refractivity contribution in [3.63, 3.8) is 0 Å². The largest absolute Gasteiger partial charge is 0.456 e. The molecule has 0 saturated heterocycles. The van der Waals surface area contributed by atoms with Gasteiger partial charge in [-0.15, -0.1) is 0 Å². The SMILES string of the molecule is C/C=C/[C@H](OC(C)=O)[C@H](CO[Si](C)(C)C(C)(C)C)N=C(c1ccccc1)c1ccccc1. The fourth-order valence-corrected chi connectivity index (χ4v) is 4.04. The van der Waals surface area contributed by atoms with Crippen molar-refractivity contribution in [2.24, 2.45) is 4.99 Å². The average molecular weight is 452 g/mol. The second kappa shape index (κ2) is 11.4. The van der Waals surface area contributed by atoms with Crippen LogP contribution in [0.2, 0.25) is 18.1 Å². The molecule has 0 fully saturated rings. The van der Waals surface area contributed by atoms with Gasteiger partial charge in [0, 0.05) is 18.1 Å². The second-order valence-corrected chi connectivity index (χ2v) is 14.3. The molecule has 0 spiro atoms. The van der Waals surface area contributed by atoms with E-state index in [9.17, 15) is 4.79 Å². The third kappa shape index (κ3) is 7.28. The number of ether oxygens (including phenoxy) is 1. The summed E-state index contributed by atoms with van der Waals surface area (Å²) in [5, 5.41) is 0.0699. The quantitative estimate of drug-likeness (QED) is 0.191. The molecule has 0 heterocycles. The Kier molecular flexibility index (Phi) is 9.17. The molecule has 0 aliphatic carbocycles. The summed E-state index contributed by atoms with van der Waals surface area (Å²) in [6.07, 6.45) is 3.27. The Morgan fingerprint density at radius 3 is 1.91 bits per heavy atom. The van der Waals surface area contributed by atoms with Crippen LogP contribution in [-0.4, -0.2) is 38.8 Å². The second-order valence-electron chi connectivity index (χ2n) is 9.45. The first-order valence-electron chi connectivity index (χ1n) is 11.2. The lowest BCUT2D eigenvalue weighted by Gasteiger charge is -2.37. The Bertz CT molecular complexity index is 873. The van der Waals surface area contributed by atoms with Crippen LogP contribution in [0.3, 0.4) is 0 Å². The van der Waals surface area contributed by atoms with Crippen LogP contribution in [0.1, 0.15) is 45.7 Å². The molecule has 2 rings (SSSR count). The molecule has 5 heteroatoms. The number of hydrogen-bond donors (Lipinski definition) is 0. The van der Waals surface area contributed by atoms with E-state index in [2.05, 4.69) is 33.9 Å². The average Bonchev–Trinajstić information content (AvgIpc) is 2.74. The maximum Gasteiger partial charge on any atom is 0.303 e. The third-order valence-electron chi connectivity index (χ3n) is 5.87. The van der Waals surface area contributed by atoms with E-state index in [1.807, 2.05) is 79.7 Å². The molecule has 172 valence electrons. The summed E-state index contributed by atoms with van der Waals surface area (Å²) in [6, 6.07) is 19.8. The van der Waals surface area contributed by atoms with Crippen molar-refractivity contribution in [1.82, 2.24) is 0 Å². The van der Waals surface area contributed by atoms with Gasteiger partial charge in [-0.05, 0) is 31.1 Å². The zero-order chi connectivity index (χ0) is 23.8. The highest BCUT2D eigenvalue weighted by Gasteiger charge is 2.38. The van der Waals surface area contributed by atoms with Crippen LogP contribution in [0, 0.1) is 0 Å². The van der Waals surface area contributed by atoms with Gasteiger partial charge in [-0.25, -0.2) is 0 Å². The highest BCUT2D eigenvalue weighted by Crippen LogP contribution is 2.36. The van der Waals surface area contributed by atoms with E-state index in [0.717, 1.165) is 16.8 Å². The number of aliphatic imine (C=N–C) groups is 1. The van der Waals surface area contributed by atoms with E-state index in [1.54, 1.807) is 0 Å². The Morgan fingerprint density at radius 1 is 1.00 bits per heavy atom. The Balaban J connectivity index is 2.55. The van der Waals surface area contributed by atoms with E-state index in [-0.39, 0.29) is 17.0 Å². The molecule has 2 atom stereocenters. The summed E-state index contributed by atoms with van der Waals surface area (Å²) in [5.41, 5.74) is 2.88. The van der Waals surface area contributed by atoms with Crippen molar-refractivity contribution in [1.29, 1.82) is 0 Å². The smallest absolute Gasteiger partial charge is 0.303 e. The fraction of sp³-hybridized carbons (Fsp3) is 0.407. The van der Waals surface area contributed by atoms with Gasteiger partial charge >= 0.3 is 5.97 Å². The summed E-state index contributed by atoms with van der Waals surface area (Å²) in [5.74, 6) is -0.332. The molecule has 0 unspecified atom stereocenters. The first-order valence-corrected chi connectivity index (χ1v) is 14.1. The van der Waals surface area contributed by atoms with Crippen LogP contribution < -0.4 is 0 Å². The number of carbonyl (C=O) groups is 1. The molecule has 0 bridgehead atoms. The highest BCUT2D eigenvalue weighted by molar-refractivity contribution is 6.74. The van der Waals surface area contributed by atoms with E-state index in [4.69, 9.17) is 14.2 Å². The van der Waals surface area contributed by atoms with Crippen molar-refractivity contribution < 1.29 is 14.0 Å². The summed E-state index contributed by atoms with van der Waals surface area (Å²) in [6.45, 7) is 14.8. The molecule has 0 radical (unpaired) electrons. The minimum Gasteiger partial charge on any atom is -0.456 e. The number of esters is 1. The van der Waals surface area contributed by atoms with Crippen LogP contribution in [0.25, 0.3) is 0 Å². The standard InChI is InChI=1S/C27H37NO3Si/c1-8-15-25(31-21(2)29)24(20-30-32(6,7)27(3,4)5)28-26(22-16-11-9-12-17-22)23-18-13-10-14-19-23/h8-19,24-25H,20H2,1-7H3/b15-8+/t24-,25-/m0/s1. The molecule has 0 aliphatic rings. The molecule has 0 amide bonds. The van der Waals surface area contributed by atoms with Gasteiger partial charge < -0.3 is 9.16 Å². The molecular formula is C27H37NO3Si. The predicted molar refractivity (Wildman–Crippen MR) is 136 cm³/mol. The molecule has 2 aromatic rings. The Labute approximate surface area is 194 Å². The molecule has 2 aromatic carbocycles. The predicted octanol–water partition coefficient (Wildman–Crippen LogP) is 6.42. The van der Waals surface area contributed by atoms with E-state index < -0.39 is 14.4 Å². The number of hydrogen-bond acceptors (Lipinski definition) is 4. The summed E-state index contributed by atoms with van der Waals surface area (Å²) >= 11 is 0.